The zero-order chi connectivity index (χ0) is 20.1. The molecule has 1 fully saturated rings. The summed E-state index contributed by atoms with van der Waals surface area (Å²) < 4.78 is 1.72. The molecule has 8 nitrogen and oxygen atoms in total. The standard InChI is InChI=1S/C20H24N6O2/c1-13(25-28-2)14-7-9-16(10-8-14)23-20-17(19(22)27)12-26(24-20)18-6-4-3-5-15(18)11-21/h7-10,12,15,18H,3-6H2,1-2H3,(H2,22,27)(H,23,24). The second-order valence-electron chi connectivity index (χ2n) is 6.88. The van der Waals surface area contributed by atoms with E-state index >= 15 is 0 Å². The summed E-state index contributed by atoms with van der Waals surface area (Å²) in [5.74, 6) is -0.271. The monoisotopic (exact) mass is 380 g/mol. The van der Waals surface area contributed by atoms with Gasteiger partial charge in [0.2, 0.25) is 0 Å². The fraction of sp³-hybridized carbons (Fsp3) is 0.400. The molecular weight excluding hydrogens is 356 g/mol. The highest BCUT2D eigenvalue weighted by Crippen LogP contribution is 2.34. The molecule has 1 aromatic heterocycles. The number of anilines is 2. The summed E-state index contributed by atoms with van der Waals surface area (Å²) in [7, 11) is 1.50. The van der Waals surface area contributed by atoms with Gasteiger partial charge in [0.05, 0.1) is 23.7 Å². The molecule has 1 aliphatic carbocycles. The molecule has 0 aliphatic heterocycles. The maximum Gasteiger partial charge on any atom is 0.254 e. The Bertz CT molecular complexity index is 910. The number of nitriles is 1. The number of hydrogen-bond acceptors (Lipinski definition) is 6. The predicted molar refractivity (Wildman–Crippen MR) is 106 cm³/mol. The van der Waals surface area contributed by atoms with Crippen LogP contribution in [0.3, 0.4) is 0 Å². The Balaban J connectivity index is 1.85. The molecule has 0 bridgehead atoms. The van der Waals surface area contributed by atoms with Crippen LogP contribution in [0.15, 0.2) is 35.6 Å². The number of carbonyl (C=O) groups excluding carboxylic acids is 1. The van der Waals surface area contributed by atoms with Crippen LogP contribution in [0, 0.1) is 17.2 Å². The van der Waals surface area contributed by atoms with Crippen LogP contribution >= 0.6 is 0 Å². The molecule has 0 spiro atoms. The van der Waals surface area contributed by atoms with Gasteiger partial charge in [-0.05, 0) is 37.5 Å². The Morgan fingerprint density at radius 1 is 1.36 bits per heavy atom. The van der Waals surface area contributed by atoms with Gasteiger partial charge in [-0.2, -0.15) is 10.4 Å². The van der Waals surface area contributed by atoms with E-state index in [1.807, 2.05) is 31.2 Å². The Hall–Kier alpha value is -3.34. The van der Waals surface area contributed by atoms with Crippen LogP contribution < -0.4 is 11.1 Å². The summed E-state index contributed by atoms with van der Waals surface area (Å²) in [5.41, 5.74) is 8.31. The minimum atomic E-state index is -0.558. The lowest BCUT2D eigenvalue weighted by Crippen LogP contribution is -2.22. The zero-order valence-electron chi connectivity index (χ0n) is 16.1. The number of nitrogens with zero attached hydrogens (tertiary/aromatic N) is 4. The van der Waals surface area contributed by atoms with Crippen molar-refractivity contribution in [1.29, 1.82) is 5.26 Å². The van der Waals surface area contributed by atoms with Crippen molar-refractivity contribution in [2.24, 2.45) is 16.8 Å². The minimum absolute atomic E-state index is 0.0392. The maximum absolute atomic E-state index is 11.9. The quantitative estimate of drug-likeness (QED) is 0.588. The van der Waals surface area contributed by atoms with E-state index in [-0.39, 0.29) is 12.0 Å². The van der Waals surface area contributed by atoms with Crippen LogP contribution in [0.2, 0.25) is 0 Å². The molecule has 146 valence electrons. The van der Waals surface area contributed by atoms with E-state index in [0.29, 0.717) is 11.4 Å². The molecule has 1 heterocycles. The summed E-state index contributed by atoms with van der Waals surface area (Å²) in [6.07, 6.45) is 5.45. The Morgan fingerprint density at radius 2 is 2.07 bits per heavy atom. The molecule has 8 heteroatoms. The molecular formula is C20H24N6O2. The van der Waals surface area contributed by atoms with Gasteiger partial charge in [-0.3, -0.25) is 9.48 Å². The Labute approximate surface area is 164 Å². The summed E-state index contributed by atoms with van der Waals surface area (Å²) in [4.78, 5) is 16.7. The van der Waals surface area contributed by atoms with Gasteiger partial charge in [-0.25, -0.2) is 0 Å². The van der Waals surface area contributed by atoms with Gasteiger partial charge in [-0.15, -0.1) is 0 Å². The van der Waals surface area contributed by atoms with E-state index in [1.54, 1.807) is 10.9 Å². The molecule has 2 atom stereocenters. The fourth-order valence-electron chi connectivity index (χ4n) is 3.53. The van der Waals surface area contributed by atoms with Gasteiger partial charge in [0.1, 0.15) is 12.7 Å². The highest BCUT2D eigenvalue weighted by molar-refractivity contribution is 5.99. The van der Waals surface area contributed by atoms with Gasteiger partial charge in [0, 0.05) is 11.9 Å². The summed E-state index contributed by atoms with van der Waals surface area (Å²) >= 11 is 0. The molecule has 3 N–H and O–H groups in total. The number of amides is 1. The van der Waals surface area contributed by atoms with Crippen molar-refractivity contribution >= 4 is 23.1 Å². The zero-order valence-corrected chi connectivity index (χ0v) is 16.1. The van der Waals surface area contributed by atoms with Crippen LogP contribution in [0.4, 0.5) is 11.5 Å². The summed E-state index contributed by atoms with van der Waals surface area (Å²) in [6, 6.07) is 9.86. The average Bonchev–Trinajstić information content (AvgIpc) is 3.12. The van der Waals surface area contributed by atoms with Crippen molar-refractivity contribution in [3.63, 3.8) is 0 Å². The second kappa shape index (κ2) is 8.57. The number of benzene rings is 1. The molecule has 2 unspecified atom stereocenters. The van der Waals surface area contributed by atoms with E-state index in [1.165, 1.54) is 7.11 Å². The maximum atomic E-state index is 11.9. The van der Waals surface area contributed by atoms with E-state index in [4.69, 9.17) is 10.6 Å². The van der Waals surface area contributed by atoms with Gasteiger partial charge < -0.3 is 15.9 Å². The molecule has 3 rings (SSSR count). The first-order chi connectivity index (χ1) is 13.5. The fourth-order valence-corrected chi connectivity index (χ4v) is 3.53. The number of primary amides is 1. The highest BCUT2D eigenvalue weighted by Gasteiger charge is 2.28. The van der Waals surface area contributed by atoms with Crippen molar-refractivity contribution in [1.82, 2.24) is 9.78 Å². The number of nitrogens with two attached hydrogens (primary N) is 1. The van der Waals surface area contributed by atoms with Gasteiger partial charge in [0.25, 0.3) is 5.91 Å². The van der Waals surface area contributed by atoms with Crippen LogP contribution in [0.25, 0.3) is 0 Å². The lowest BCUT2D eigenvalue weighted by atomic mass is 9.85. The summed E-state index contributed by atoms with van der Waals surface area (Å²) in [5, 5.41) is 21.0. The first-order valence-electron chi connectivity index (χ1n) is 9.27. The first-order valence-corrected chi connectivity index (χ1v) is 9.27. The SMILES string of the molecule is CON=C(C)c1ccc(Nc2nn(C3CCCCC3C#N)cc2C(N)=O)cc1. The van der Waals surface area contributed by atoms with Crippen molar-refractivity contribution in [3.8, 4) is 6.07 Å². The molecule has 0 radical (unpaired) electrons. The first kappa shape index (κ1) is 19.4. The van der Waals surface area contributed by atoms with Gasteiger partial charge in [0.15, 0.2) is 5.82 Å². The van der Waals surface area contributed by atoms with Crippen molar-refractivity contribution in [2.45, 2.75) is 38.6 Å². The van der Waals surface area contributed by atoms with Crippen LogP contribution in [0.5, 0.6) is 0 Å². The minimum Gasteiger partial charge on any atom is -0.399 e. The number of rotatable bonds is 6. The molecule has 1 saturated carbocycles. The van der Waals surface area contributed by atoms with Gasteiger partial charge >= 0.3 is 0 Å². The number of nitrogens with one attached hydrogen (secondary N) is 1. The van der Waals surface area contributed by atoms with Crippen molar-refractivity contribution in [2.75, 3.05) is 12.4 Å². The summed E-state index contributed by atoms with van der Waals surface area (Å²) in [6.45, 7) is 1.86. The van der Waals surface area contributed by atoms with Gasteiger partial charge in [-0.1, -0.05) is 30.1 Å². The van der Waals surface area contributed by atoms with Crippen molar-refractivity contribution < 1.29 is 9.63 Å². The molecule has 28 heavy (non-hydrogen) atoms. The third-order valence-corrected chi connectivity index (χ3v) is 5.03. The van der Waals surface area contributed by atoms with Crippen LogP contribution in [0.1, 0.15) is 54.6 Å². The van der Waals surface area contributed by atoms with Crippen molar-refractivity contribution in [3.05, 3.63) is 41.6 Å². The van der Waals surface area contributed by atoms with E-state index < -0.39 is 5.91 Å². The smallest absolute Gasteiger partial charge is 0.254 e. The van der Waals surface area contributed by atoms with E-state index in [2.05, 4.69) is 21.6 Å². The number of hydrogen-bond donors (Lipinski definition) is 2. The number of oxime groups is 1. The predicted octanol–water partition coefficient (Wildman–Crippen LogP) is 3.35. The average molecular weight is 380 g/mol. The third kappa shape index (κ3) is 4.14. The molecule has 2 aromatic rings. The van der Waals surface area contributed by atoms with E-state index in [9.17, 15) is 10.1 Å². The number of aromatic nitrogens is 2. The van der Waals surface area contributed by atoms with E-state index in [0.717, 1.165) is 42.6 Å². The van der Waals surface area contributed by atoms with Crippen LogP contribution in [-0.4, -0.2) is 28.5 Å². The normalized spacial score (nSPS) is 19.7. The lowest BCUT2D eigenvalue weighted by molar-refractivity contribution is 0.100. The largest absolute Gasteiger partial charge is 0.399 e. The number of carbonyl (C=O) groups is 1. The Kier molecular flexibility index (Phi) is 5.94. The highest BCUT2D eigenvalue weighted by atomic mass is 16.6. The lowest BCUT2D eigenvalue weighted by Gasteiger charge is -2.26. The second-order valence-corrected chi connectivity index (χ2v) is 6.88. The Morgan fingerprint density at radius 3 is 2.71 bits per heavy atom. The molecule has 1 amide bonds. The molecule has 1 aliphatic rings. The molecule has 1 aromatic carbocycles. The van der Waals surface area contributed by atoms with Crippen LogP contribution in [-0.2, 0) is 4.84 Å². The molecule has 0 saturated heterocycles. The topological polar surface area (TPSA) is 118 Å². The third-order valence-electron chi connectivity index (χ3n) is 5.03.